The molecule has 3 nitrogen and oxygen atoms in total. The molecule has 0 aliphatic heterocycles. The highest BCUT2D eigenvalue weighted by Gasteiger charge is 2.17. The van der Waals surface area contributed by atoms with Crippen LogP contribution in [0.4, 0.5) is 0 Å². The van der Waals surface area contributed by atoms with Crippen molar-refractivity contribution in [2.24, 2.45) is 5.41 Å². The first-order valence-electron chi connectivity index (χ1n) is 4.84. The molecule has 0 spiro atoms. The molecule has 0 saturated heterocycles. The second kappa shape index (κ2) is 3.39. The molecule has 0 bridgehead atoms. The third-order valence-corrected chi connectivity index (χ3v) is 2.34. The number of nitrogens with zero attached hydrogens (tertiary/aromatic N) is 2. The van der Waals surface area contributed by atoms with Gasteiger partial charge in [-0.3, -0.25) is 0 Å². The summed E-state index contributed by atoms with van der Waals surface area (Å²) in [7, 11) is 0. The zero-order chi connectivity index (χ0) is 10.9. The van der Waals surface area contributed by atoms with Crippen LogP contribution in [0.15, 0.2) is 29.0 Å². The summed E-state index contributed by atoms with van der Waals surface area (Å²) in [6, 6.07) is 8.14. The van der Waals surface area contributed by atoms with Crippen LogP contribution < -0.4 is 0 Å². The Kier molecular flexibility index (Phi) is 2.20. The Hall–Kier alpha value is -1.82. The van der Waals surface area contributed by atoms with Crippen molar-refractivity contribution in [2.45, 2.75) is 20.3 Å². The Morgan fingerprint density at radius 1 is 1.47 bits per heavy atom. The van der Waals surface area contributed by atoms with Crippen molar-refractivity contribution in [3.05, 3.63) is 30.2 Å². The van der Waals surface area contributed by atoms with E-state index in [1.54, 1.807) is 0 Å². The van der Waals surface area contributed by atoms with Gasteiger partial charge in [0, 0.05) is 0 Å². The van der Waals surface area contributed by atoms with Crippen molar-refractivity contribution in [1.29, 1.82) is 5.26 Å². The fourth-order valence-corrected chi connectivity index (χ4v) is 1.56. The van der Waals surface area contributed by atoms with Crippen molar-refractivity contribution >= 4 is 11.1 Å². The SMILES string of the molecule is CC(C)(C#N)Cc1ccc2ncoc2c1. The van der Waals surface area contributed by atoms with Gasteiger partial charge in [0.05, 0.1) is 11.5 Å². The molecule has 0 fully saturated rings. The minimum Gasteiger partial charge on any atom is -0.443 e. The molecular weight excluding hydrogens is 188 g/mol. The van der Waals surface area contributed by atoms with Crippen LogP contribution in [0.1, 0.15) is 19.4 Å². The van der Waals surface area contributed by atoms with E-state index in [-0.39, 0.29) is 5.41 Å². The molecule has 0 amide bonds. The lowest BCUT2D eigenvalue weighted by molar-refractivity contribution is 0.493. The van der Waals surface area contributed by atoms with Gasteiger partial charge < -0.3 is 4.42 Å². The van der Waals surface area contributed by atoms with Crippen molar-refractivity contribution < 1.29 is 4.42 Å². The quantitative estimate of drug-likeness (QED) is 0.748. The van der Waals surface area contributed by atoms with E-state index in [0.29, 0.717) is 0 Å². The lowest BCUT2D eigenvalue weighted by Gasteiger charge is -2.14. The summed E-state index contributed by atoms with van der Waals surface area (Å²) < 4.78 is 5.21. The maximum atomic E-state index is 8.94. The van der Waals surface area contributed by atoms with E-state index in [4.69, 9.17) is 9.68 Å². The van der Waals surface area contributed by atoms with Gasteiger partial charge in [-0.25, -0.2) is 4.98 Å². The molecule has 0 N–H and O–H groups in total. The van der Waals surface area contributed by atoms with E-state index in [9.17, 15) is 0 Å². The summed E-state index contributed by atoms with van der Waals surface area (Å²) >= 11 is 0. The summed E-state index contributed by atoms with van der Waals surface area (Å²) in [5.74, 6) is 0. The molecule has 76 valence electrons. The Labute approximate surface area is 88.3 Å². The summed E-state index contributed by atoms with van der Waals surface area (Å²) in [5, 5.41) is 8.94. The lowest BCUT2D eigenvalue weighted by atomic mass is 9.87. The highest BCUT2D eigenvalue weighted by atomic mass is 16.3. The standard InChI is InChI=1S/C12H12N2O/c1-12(2,7-13)6-9-3-4-10-11(5-9)15-8-14-10/h3-5,8H,6H2,1-2H3. The number of rotatable bonds is 2. The molecule has 0 aliphatic rings. The van der Waals surface area contributed by atoms with Crippen molar-refractivity contribution in [2.75, 3.05) is 0 Å². The van der Waals surface area contributed by atoms with Gasteiger partial charge in [-0.15, -0.1) is 0 Å². The Balaban J connectivity index is 2.33. The highest BCUT2D eigenvalue weighted by molar-refractivity contribution is 5.72. The van der Waals surface area contributed by atoms with E-state index < -0.39 is 0 Å². The Morgan fingerprint density at radius 2 is 2.27 bits per heavy atom. The van der Waals surface area contributed by atoms with Gasteiger partial charge in [-0.05, 0) is 38.0 Å². The molecule has 0 aliphatic carbocycles. The number of hydrogen-bond donors (Lipinski definition) is 0. The number of hydrogen-bond acceptors (Lipinski definition) is 3. The average molecular weight is 200 g/mol. The number of oxazole rings is 1. The maximum Gasteiger partial charge on any atom is 0.181 e. The molecule has 0 atom stereocenters. The molecule has 0 saturated carbocycles. The second-order valence-corrected chi connectivity index (χ2v) is 4.33. The third kappa shape index (κ3) is 1.99. The average Bonchev–Trinajstić information content (AvgIpc) is 2.64. The summed E-state index contributed by atoms with van der Waals surface area (Å²) in [6.07, 6.45) is 2.16. The number of fused-ring (bicyclic) bond motifs is 1. The maximum absolute atomic E-state index is 8.94. The van der Waals surface area contributed by atoms with Gasteiger partial charge in [0.2, 0.25) is 0 Å². The minimum atomic E-state index is -0.340. The lowest BCUT2D eigenvalue weighted by Crippen LogP contribution is -2.11. The molecule has 1 aromatic heterocycles. The smallest absolute Gasteiger partial charge is 0.181 e. The predicted molar refractivity (Wildman–Crippen MR) is 57.1 cm³/mol. The van der Waals surface area contributed by atoms with Gasteiger partial charge in [0.25, 0.3) is 0 Å². The van der Waals surface area contributed by atoms with E-state index in [1.807, 2.05) is 32.0 Å². The van der Waals surface area contributed by atoms with E-state index in [1.165, 1.54) is 6.39 Å². The van der Waals surface area contributed by atoms with Crippen molar-refractivity contribution in [1.82, 2.24) is 4.98 Å². The van der Waals surface area contributed by atoms with E-state index in [0.717, 1.165) is 23.1 Å². The Morgan fingerprint density at radius 3 is 3.00 bits per heavy atom. The largest absolute Gasteiger partial charge is 0.443 e. The molecule has 2 rings (SSSR count). The van der Waals surface area contributed by atoms with Crippen molar-refractivity contribution in [3.8, 4) is 6.07 Å². The van der Waals surface area contributed by atoms with Gasteiger partial charge in [0.1, 0.15) is 5.52 Å². The zero-order valence-electron chi connectivity index (χ0n) is 8.82. The summed E-state index contributed by atoms with van der Waals surface area (Å²) in [5.41, 5.74) is 2.40. The first-order valence-corrected chi connectivity index (χ1v) is 4.84. The highest BCUT2D eigenvalue weighted by Crippen LogP contribution is 2.23. The molecule has 3 heteroatoms. The minimum absolute atomic E-state index is 0.340. The molecule has 2 aromatic rings. The molecular formula is C12H12N2O. The summed E-state index contributed by atoms with van der Waals surface area (Å²) in [4.78, 5) is 4.04. The van der Waals surface area contributed by atoms with Gasteiger partial charge in [-0.2, -0.15) is 5.26 Å². The van der Waals surface area contributed by atoms with E-state index >= 15 is 0 Å². The number of benzene rings is 1. The molecule has 0 radical (unpaired) electrons. The Bertz CT molecular complexity index is 520. The monoisotopic (exact) mass is 200 g/mol. The normalized spacial score (nSPS) is 11.5. The second-order valence-electron chi connectivity index (χ2n) is 4.33. The van der Waals surface area contributed by atoms with Crippen LogP contribution in [0.5, 0.6) is 0 Å². The third-order valence-electron chi connectivity index (χ3n) is 2.34. The van der Waals surface area contributed by atoms with Gasteiger partial charge >= 0.3 is 0 Å². The predicted octanol–water partition coefficient (Wildman–Crippen LogP) is 2.92. The number of aromatic nitrogens is 1. The molecule has 15 heavy (non-hydrogen) atoms. The topological polar surface area (TPSA) is 49.8 Å². The van der Waals surface area contributed by atoms with Crippen LogP contribution in [0.2, 0.25) is 0 Å². The van der Waals surface area contributed by atoms with Crippen LogP contribution in [0.3, 0.4) is 0 Å². The fourth-order valence-electron chi connectivity index (χ4n) is 1.56. The van der Waals surface area contributed by atoms with Crippen LogP contribution in [-0.2, 0) is 6.42 Å². The number of nitriles is 1. The van der Waals surface area contributed by atoms with Crippen LogP contribution in [0.25, 0.3) is 11.1 Å². The summed E-state index contributed by atoms with van der Waals surface area (Å²) in [6.45, 7) is 3.86. The first-order chi connectivity index (χ1) is 7.11. The molecule has 1 aromatic carbocycles. The van der Waals surface area contributed by atoms with Crippen LogP contribution in [-0.4, -0.2) is 4.98 Å². The van der Waals surface area contributed by atoms with Crippen LogP contribution >= 0.6 is 0 Å². The molecule has 0 unspecified atom stereocenters. The van der Waals surface area contributed by atoms with Gasteiger partial charge in [-0.1, -0.05) is 6.07 Å². The van der Waals surface area contributed by atoms with Gasteiger partial charge in [0.15, 0.2) is 12.0 Å². The van der Waals surface area contributed by atoms with E-state index in [2.05, 4.69) is 11.1 Å². The van der Waals surface area contributed by atoms with Crippen molar-refractivity contribution in [3.63, 3.8) is 0 Å². The zero-order valence-corrected chi connectivity index (χ0v) is 8.82. The first kappa shape index (κ1) is 9.72. The van der Waals surface area contributed by atoms with Crippen LogP contribution in [0, 0.1) is 16.7 Å². The molecule has 1 heterocycles. The fraction of sp³-hybridized carbons (Fsp3) is 0.333.